The molecule has 1 aromatic carbocycles. The highest BCUT2D eigenvalue weighted by Crippen LogP contribution is 2.32. The van der Waals surface area contributed by atoms with Crippen LogP contribution in [0.15, 0.2) is 36.7 Å². The number of benzene rings is 1. The number of imidazole rings is 1. The van der Waals surface area contributed by atoms with Crippen molar-refractivity contribution in [3.05, 3.63) is 53.9 Å². The van der Waals surface area contributed by atoms with Gasteiger partial charge < -0.3 is 10.3 Å². The number of hydrogen-bond donors (Lipinski definition) is 2. The number of hydrogen-bond acceptors (Lipinski definition) is 2. The number of amides is 1. The highest BCUT2D eigenvalue weighted by atomic mass is 19.1. The Bertz CT molecular complexity index is 585. The van der Waals surface area contributed by atoms with Crippen molar-refractivity contribution in [3.63, 3.8) is 0 Å². The van der Waals surface area contributed by atoms with E-state index in [2.05, 4.69) is 15.3 Å². The Hall–Kier alpha value is -2.17. The van der Waals surface area contributed by atoms with Crippen LogP contribution < -0.4 is 5.32 Å². The van der Waals surface area contributed by atoms with Crippen molar-refractivity contribution in [1.29, 1.82) is 0 Å². The molecule has 112 valence electrons. The molecule has 0 bridgehead atoms. The van der Waals surface area contributed by atoms with Crippen LogP contribution in [-0.4, -0.2) is 15.9 Å². The number of carbonyl (C=O) groups excluding carboxylic acids is 1. The molecule has 0 aliphatic heterocycles. The number of halogens is 1. The third-order valence-electron chi connectivity index (χ3n) is 3.26. The smallest absolute Gasteiger partial charge is 0.228 e. The van der Waals surface area contributed by atoms with Gasteiger partial charge in [-0.25, -0.2) is 9.37 Å². The SMILES string of the molecule is CC(C)(C)C(NC(=O)Cc1ncc[nH]1)c1ccc(F)cc1. The van der Waals surface area contributed by atoms with Gasteiger partial charge in [-0.1, -0.05) is 32.9 Å². The van der Waals surface area contributed by atoms with E-state index in [0.717, 1.165) is 5.56 Å². The number of nitrogens with one attached hydrogen (secondary N) is 2. The number of carbonyl (C=O) groups is 1. The summed E-state index contributed by atoms with van der Waals surface area (Å²) in [5.74, 6) is 0.224. The predicted molar refractivity (Wildman–Crippen MR) is 79.0 cm³/mol. The molecule has 2 aromatic rings. The van der Waals surface area contributed by atoms with Crippen LogP contribution in [0.1, 0.15) is 38.2 Å². The number of aromatic nitrogens is 2. The summed E-state index contributed by atoms with van der Waals surface area (Å²) >= 11 is 0. The van der Waals surface area contributed by atoms with Gasteiger partial charge in [-0.15, -0.1) is 0 Å². The first kappa shape index (κ1) is 15.2. The number of aromatic amines is 1. The average Bonchev–Trinajstić information content (AvgIpc) is 2.89. The molecule has 0 aliphatic carbocycles. The minimum absolute atomic E-state index is 0.116. The lowest BCUT2D eigenvalue weighted by molar-refractivity contribution is -0.122. The van der Waals surface area contributed by atoms with Crippen LogP contribution in [0, 0.1) is 11.2 Å². The fourth-order valence-corrected chi connectivity index (χ4v) is 2.21. The average molecular weight is 289 g/mol. The second kappa shape index (κ2) is 6.08. The summed E-state index contributed by atoms with van der Waals surface area (Å²) in [4.78, 5) is 19.1. The molecule has 1 atom stereocenters. The molecule has 0 fully saturated rings. The van der Waals surface area contributed by atoms with Crippen LogP contribution in [0.3, 0.4) is 0 Å². The second-order valence-corrected chi connectivity index (χ2v) is 6.13. The molecule has 2 N–H and O–H groups in total. The van der Waals surface area contributed by atoms with Crippen LogP contribution in [0.4, 0.5) is 4.39 Å². The van der Waals surface area contributed by atoms with Crippen LogP contribution in [-0.2, 0) is 11.2 Å². The highest BCUT2D eigenvalue weighted by Gasteiger charge is 2.28. The van der Waals surface area contributed by atoms with Gasteiger partial charge in [0, 0.05) is 12.4 Å². The van der Waals surface area contributed by atoms with E-state index in [9.17, 15) is 9.18 Å². The number of nitrogens with zero attached hydrogens (tertiary/aromatic N) is 1. The number of rotatable bonds is 4. The zero-order valence-electron chi connectivity index (χ0n) is 12.5. The molecule has 21 heavy (non-hydrogen) atoms. The predicted octanol–water partition coefficient (Wildman–Crippen LogP) is 2.99. The van der Waals surface area contributed by atoms with Crippen molar-refractivity contribution in [1.82, 2.24) is 15.3 Å². The van der Waals surface area contributed by atoms with Crippen LogP contribution in [0.5, 0.6) is 0 Å². The van der Waals surface area contributed by atoms with Gasteiger partial charge >= 0.3 is 0 Å². The molecule has 0 radical (unpaired) electrons. The molecule has 4 nitrogen and oxygen atoms in total. The van der Waals surface area contributed by atoms with E-state index in [1.807, 2.05) is 20.8 Å². The van der Waals surface area contributed by atoms with Gasteiger partial charge in [-0.2, -0.15) is 0 Å². The van der Waals surface area contributed by atoms with Crippen molar-refractivity contribution >= 4 is 5.91 Å². The fourth-order valence-electron chi connectivity index (χ4n) is 2.21. The molecule has 1 aromatic heterocycles. The summed E-state index contributed by atoms with van der Waals surface area (Å²) in [5.41, 5.74) is 0.702. The third-order valence-corrected chi connectivity index (χ3v) is 3.26. The molecule has 0 aliphatic rings. The Kier molecular flexibility index (Phi) is 4.40. The summed E-state index contributed by atoms with van der Waals surface area (Å²) in [5, 5.41) is 3.01. The lowest BCUT2D eigenvalue weighted by atomic mass is 9.82. The van der Waals surface area contributed by atoms with Crippen molar-refractivity contribution in [3.8, 4) is 0 Å². The zero-order valence-corrected chi connectivity index (χ0v) is 12.5. The van der Waals surface area contributed by atoms with E-state index in [4.69, 9.17) is 0 Å². The van der Waals surface area contributed by atoms with Gasteiger partial charge in [0.1, 0.15) is 11.6 Å². The Morgan fingerprint density at radius 2 is 2.00 bits per heavy atom. The second-order valence-electron chi connectivity index (χ2n) is 6.13. The maximum atomic E-state index is 13.1. The van der Waals surface area contributed by atoms with Gasteiger partial charge in [0.25, 0.3) is 0 Å². The molecule has 1 amide bonds. The van der Waals surface area contributed by atoms with Crippen molar-refractivity contribution in [2.45, 2.75) is 33.2 Å². The number of H-pyrrole nitrogens is 1. The van der Waals surface area contributed by atoms with Crippen LogP contribution >= 0.6 is 0 Å². The van der Waals surface area contributed by atoms with Crippen molar-refractivity contribution < 1.29 is 9.18 Å². The summed E-state index contributed by atoms with van der Waals surface area (Å²) in [6, 6.07) is 6.04. The normalized spacial score (nSPS) is 13.0. The van der Waals surface area contributed by atoms with Crippen molar-refractivity contribution in [2.75, 3.05) is 0 Å². The van der Waals surface area contributed by atoms with Gasteiger partial charge in [0.2, 0.25) is 5.91 Å². The Morgan fingerprint density at radius 1 is 1.33 bits per heavy atom. The Labute approximate surface area is 123 Å². The molecule has 1 heterocycles. The van der Waals surface area contributed by atoms with Crippen LogP contribution in [0.25, 0.3) is 0 Å². The molecule has 2 rings (SSSR count). The summed E-state index contributed by atoms with van der Waals surface area (Å²) in [7, 11) is 0. The van der Waals surface area contributed by atoms with E-state index in [-0.39, 0.29) is 29.6 Å². The zero-order chi connectivity index (χ0) is 15.5. The standard InChI is InChI=1S/C16H20FN3O/c1-16(2,3)15(11-4-6-12(17)7-5-11)20-14(21)10-13-18-8-9-19-13/h4-9,15H,10H2,1-3H3,(H,18,19)(H,20,21). The minimum atomic E-state index is -0.284. The third kappa shape index (κ3) is 4.15. The molecule has 0 spiro atoms. The molecule has 1 unspecified atom stereocenters. The molecule has 0 saturated heterocycles. The van der Waals surface area contributed by atoms with E-state index in [1.54, 1.807) is 24.5 Å². The van der Waals surface area contributed by atoms with E-state index < -0.39 is 0 Å². The highest BCUT2D eigenvalue weighted by molar-refractivity contribution is 5.78. The summed E-state index contributed by atoms with van der Waals surface area (Å²) < 4.78 is 13.1. The van der Waals surface area contributed by atoms with E-state index in [0.29, 0.717) is 5.82 Å². The monoisotopic (exact) mass is 289 g/mol. The molecule has 5 heteroatoms. The molecular formula is C16H20FN3O. The summed E-state index contributed by atoms with van der Waals surface area (Å²) in [6.45, 7) is 6.11. The maximum absolute atomic E-state index is 13.1. The fraction of sp³-hybridized carbons (Fsp3) is 0.375. The van der Waals surface area contributed by atoms with E-state index >= 15 is 0 Å². The van der Waals surface area contributed by atoms with Gasteiger partial charge in [0.15, 0.2) is 0 Å². The molecule has 0 saturated carbocycles. The Morgan fingerprint density at radius 3 is 2.52 bits per heavy atom. The maximum Gasteiger partial charge on any atom is 0.228 e. The lowest BCUT2D eigenvalue weighted by Gasteiger charge is -2.32. The first-order valence-electron chi connectivity index (χ1n) is 6.89. The largest absolute Gasteiger partial charge is 0.348 e. The van der Waals surface area contributed by atoms with Crippen molar-refractivity contribution in [2.24, 2.45) is 5.41 Å². The topological polar surface area (TPSA) is 57.8 Å². The quantitative estimate of drug-likeness (QED) is 0.909. The van der Waals surface area contributed by atoms with Gasteiger partial charge in [-0.3, -0.25) is 4.79 Å². The Balaban J connectivity index is 2.13. The summed E-state index contributed by atoms with van der Waals surface area (Å²) in [6.07, 6.45) is 3.49. The lowest BCUT2D eigenvalue weighted by Crippen LogP contribution is -2.37. The van der Waals surface area contributed by atoms with Gasteiger partial charge in [0.05, 0.1) is 12.5 Å². The minimum Gasteiger partial charge on any atom is -0.348 e. The van der Waals surface area contributed by atoms with E-state index in [1.165, 1.54) is 12.1 Å². The van der Waals surface area contributed by atoms with Crippen LogP contribution in [0.2, 0.25) is 0 Å². The van der Waals surface area contributed by atoms with Gasteiger partial charge in [-0.05, 0) is 23.1 Å². The first-order chi connectivity index (χ1) is 9.86. The first-order valence-corrected chi connectivity index (χ1v) is 6.89. The molecular weight excluding hydrogens is 269 g/mol.